The van der Waals surface area contributed by atoms with Gasteiger partial charge < -0.3 is 10.2 Å². The fraction of sp³-hybridized carbons (Fsp3) is 0.385. The van der Waals surface area contributed by atoms with Gasteiger partial charge in [0, 0.05) is 0 Å². The lowest BCUT2D eigenvalue weighted by Crippen LogP contribution is -2.09. The molecule has 0 unspecified atom stereocenters. The SMILES string of the molecule is Cc1cccc(C2=C[C@H](C(=O)O)CC2)c1.Cc1cccc([C@@H]2CC[C@@H](C(=O)O)C2)c1. The molecular formula is C26H30O4. The summed E-state index contributed by atoms with van der Waals surface area (Å²) in [7, 11) is 0. The molecule has 2 aliphatic carbocycles. The zero-order valence-corrected chi connectivity index (χ0v) is 17.7. The first-order valence-electron chi connectivity index (χ1n) is 10.6. The van der Waals surface area contributed by atoms with Crippen LogP contribution in [0.5, 0.6) is 0 Å². The number of benzene rings is 2. The van der Waals surface area contributed by atoms with Gasteiger partial charge in [0.15, 0.2) is 0 Å². The number of aliphatic carboxylic acids is 2. The van der Waals surface area contributed by atoms with Crippen LogP contribution in [-0.4, -0.2) is 22.2 Å². The number of hydrogen-bond donors (Lipinski definition) is 2. The summed E-state index contributed by atoms with van der Waals surface area (Å²) in [6.07, 6.45) is 6.14. The van der Waals surface area contributed by atoms with Crippen molar-refractivity contribution in [2.24, 2.45) is 11.8 Å². The molecule has 0 heterocycles. The van der Waals surface area contributed by atoms with Gasteiger partial charge in [0.1, 0.15) is 0 Å². The summed E-state index contributed by atoms with van der Waals surface area (Å²) in [6, 6.07) is 16.6. The van der Waals surface area contributed by atoms with Crippen LogP contribution in [0, 0.1) is 25.7 Å². The van der Waals surface area contributed by atoms with Crippen LogP contribution in [0.2, 0.25) is 0 Å². The van der Waals surface area contributed by atoms with Gasteiger partial charge in [-0.1, -0.05) is 65.7 Å². The van der Waals surface area contributed by atoms with Gasteiger partial charge in [-0.15, -0.1) is 0 Å². The van der Waals surface area contributed by atoms with Crippen molar-refractivity contribution in [2.45, 2.75) is 51.9 Å². The molecule has 0 amide bonds. The Labute approximate surface area is 178 Å². The predicted octanol–water partition coefficient (Wildman–Crippen LogP) is 5.84. The van der Waals surface area contributed by atoms with Gasteiger partial charge in [-0.2, -0.15) is 0 Å². The zero-order valence-electron chi connectivity index (χ0n) is 17.7. The molecule has 2 aromatic carbocycles. The number of carboxylic acids is 2. The molecule has 1 fully saturated rings. The molecule has 4 nitrogen and oxygen atoms in total. The van der Waals surface area contributed by atoms with Crippen LogP contribution in [-0.2, 0) is 9.59 Å². The molecule has 0 radical (unpaired) electrons. The molecule has 2 aromatic rings. The van der Waals surface area contributed by atoms with Crippen molar-refractivity contribution in [3.05, 3.63) is 76.9 Å². The second-order valence-corrected chi connectivity index (χ2v) is 8.50. The van der Waals surface area contributed by atoms with Gasteiger partial charge >= 0.3 is 11.9 Å². The van der Waals surface area contributed by atoms with E-state index in [9.17, 15) is 9.59 Å². The predicted molar refractivity (Wildman–Crippen MR) is 118 cm³/mol. The highest BCUT2D eigenvalue weighted by Crippen LogP contribution is 2.38. The van der Waals surface area contributed by atoms with E-state index >= 15 is 0 Å². The van der Waals surface area contributed by atoms with Crippen LogP contribution in [0.15, 0.2) is 54.6 Å². The lowest BCUT2D eigenvalue weighted by molar-refractivity contribution is -0.142. The summed E-state index contributed by atoms with van der Waals surface area (Å²) in [6.45, 7) is 4.13. The number of carbonyl (C=O) groups is 2. The average Bonchev–Trinajstić information content (AvgIpc) is 3.39. The zero-order chi connectivity index (χ0) is 21.7. The van der Waals surface area contributed by atoms with Crippen LogP contribution < -0.4 is 0 Å². The smallest absolute Gasteiger partial charge is 0.310 e. The van der Waals surface area contributed by atoms with E-state index in [4.69, 9.17) is 10.2 Å². The molecule has 2 aliphatic rings. The first kappa shape index (κ1) is 21.8. The monoisotopic (exact) mass is 406 g/mol. The van der Waals surface area contributed by atoms with Crippen molar-refractivity contribution in [1.29, 1.82) is 0 Å². The van der Waals surface area contributed by atoms with Crippen molar-refractivity contribution < 1.29 is 19.8 Å². The Morgan fingerprint density at radius 1 is 0.867 bits per heavy atom. The maximum absolute atomic E-state index is 10.8. The van der Waals surface area contributed by atoms with Crippen molar-refractivity contribution in [2.75, 3.05) is 0 Å². The molecule has 2 N–H and O–H groups in total. The number of allylic oxidation sites excluding steroid dienone is 1. The summed E-state index contributed by atoms with van der Waals surface area (Å²) in [4.78, 5) is 21.6. The Balaban J connectivity index is 0.000000171. The Morgan fingerprint density at radius 2 is 1.57 bits per heavy atom. The average molecular weight is 407 g/mol. The summed E-state index contributed by atoms with van der Waals surface area (Å²) in [5, 5.41) is 17.8. The molecule has 0 aliphatic heterocycles. The van der Waals surface area contributed by atoms with Crippen LogP contribution in [0.3, 0.4) is 0 Å². The Hall–Kier alpha value is -2.88. The summed E-state index contributed by atoms with van der Waals surface area (Å²) < 4.78 is 0. The normalized spacial score (nSPS) is 22.7. The number of aryl methyl sites for hydroxylation is 2. The van der Waals surface area contributed by atoms with Crippen LogP contribution in [0.25, 0.3) is 5.57 Å². The standard InChI is InChI=1S/C13H16O2.C13H14O2/c2*1-9-3-2-4-10(7-9)11-5-6-12(8-11)13(14)15/h2-4,7,11-12H,5-6,8H2,1H3,(H,14,15);2-4,7-8,12H,5-6H2,1H3,(H,14,15)/t11-,12-;12-/m11/s1. The highest BCUT2D eigenvalue weighted by Gasteiger charge is 2.30. The molecule has 0 saturated heterocycles. The fourth-order valence-electron chi connectivity index (χ4n) is 4.43. The number of carboxylic acid groups (broad SMARTS) is 2. The molecule has 158 valence electrons. The maximum Gasteiger partial charge on any atom is 0.310 e. The lowest BCUT2D eigenvalue weighted by atomic mass is 9.95. The summed E-state index contributed by atoms with van der Waals surface area (Å²) in [5.41, 5.74) is 6.11. The van der Waals surface area contributed by atoms with E-state index in [0.29, 0.717) is 5.92 Å². The Bertz CT molecular complexity index is 944. The van der Waals surface area contributed by atoms with Crippen molar-refractivity contribution in [3.63, 3.8) is 0 Å². The van der Waals surface area contributed by atoms with E-state index in [2.05, 4.69) is 37.3 Å². The molecule has 0 aromatic heterocycles. The third kappa shape index (κ3) is 5.59. The molecule has 4 heteroatoms. The molecular weight excluding hydrogens is 376 g/mol. The second kappa shape index (κ2) is 9.75. The number of rotatable bonds is 4. The molecule has 1 saturated carbocycles. The molecule has 0 spiro atoms. The summed E-state index contributed by atoms with van der Waals surface area (Å²) >= 11 is 0. The van der Waals surface area contributed by atoms with E-state index in [1.165, 1.54) is 27.8 Å². The van der Waals surface area contributed by atoms with Gasteiger partial charge in [-0.3, -0.25) is 9.59 Å². The molecule has 30 heavy (non-hydrogen) atoms. The van der Waals surface area contributed by atoms with Gasteiger partial charge in [-0.05, 0) is 68.6 Å². The van der Waals surface area contributed by atoms with Crippen LogP contribution >= 0.6 is 0 Å². The highest BCUT2D eigenvalue weighted by atomic mass is 16.4. The summed E-state index contributed by atoms with van der Waals surface area (Å²) in [5.74, 6) is -1.31. The van der Waals surface area contributed by atoms with Gasteiger partial charge in [-0.25, -0.2) is 0 Å². The van der Waals surface area contributed by atoms with Gasteiger partial charge in [0.05, 0.1) is 11.8 Å². The van der Waals surface area contributed by atoms with E-state index in [1.54, 1.807) is 0 Å². The van der Waals surface area contributed by atoms with Crippen molar-refractivity contribution in [1.82, 2.24) is 0 Å². The molecule has 0 bridgehead atoms. The van der Waals surface area contributed by atoms with E-state index < -0.39 is 11.9 Å². The largest absolute Gasteiger partial charge is 0.481 e. The first-order chi connectivity index (χ1) is 14.3. The van der Waals surface area contributed by atoms with Gasteiger partial charge in [0.25, 0.3) is 0 Å². The maximum atomic E-state index is 10.8. The number of hydrogen-bond acceptors (Lipinski definition) is 2. The molecule has 4 rings (SSSR count). The molecule has 3 atom stereocenters. The minimum atomic E-state index is -0.711. The van der Waals surface area contributed by atoms with E-state index in [1.807, 2.05) is 31.2 Å². The van der Waals surface area contributed by atoms with Crippen molar-refractivity contribution in [3.8, 4) is 0 Å². The third-order valence-corrected chi connectivity index (χ3v) is 6.13. The minimum absolute atomic E-state index is 0.129. The topological polar surface area (TPSA) is 74.6 Å². The highest BCUT2D eigenvalue weighted by molar-refractivity contribution is 5.79. The first-order valence-corrected chi connectivity index (χ1v) is 10.6. The second-order valence-electron chi connectivity index (χ2n) is 8.50. The van der Waals surface area contributed by atoms with E-state index in [0.717, 1.165) is 32.1 Å². The van der Waals surface area contributed by atoms with Gasteiger partial charge in [0.2, 0.25) is 0 Å². The third-order valence-electron chi connectivity index (χ3n) is 6.13. The van der Waals surface area contributed by atoms with Crippen molar-refractivity contribution >= 4 is 17.5 Å². The quantitative estimate of drug-likeness (QED) is 0.669. The lowest BCUT2D eigenvalue weighted by Gasteiger charge is -2.10. The fourth-order valence-corrected chi connectivity index (χ4v) is 4.43. The van der Waals surface area contributed by atoms with Crippen LogP contribution in [0.4, 0.5) is 0 Å². The van der Waals surface area contributed by atoms with Crippen LogP contribution in [0.1, 0.15) is 60.3 Å². The minimum Gasteiger partial charge on any atom is -0.481 e. The Morgan fingerprint density at radius 3 is 2.13 bits per heavy atom. The van der Waals surface area contributed by atoms with E-state index in [-0.39, 0.29) is 11.8 Å². The Kier molecular flexibility index (Phi) is 7.09.